The van der Waals surface area contributed by atoms with Crippen molar-refractivity contribution in [3.8, 4) is 0 Å². The van der Waals surface area contributed by atoms with Crippen LogP contribution in [0.3, 0.4) is 0 Å². The van der Waals surface area contributed by atoms with Crippen LogP contribution in [-0.2, 0) is 47.5 Å². The highest BCUT2D eigenvalue weighted by Gasteiger charge is 2.49. The molecule has 2 fully saturated rings. The van der Waals surface area contributed by atoms with E-state index in [2.05, 4.69) is 5.32 Å². The number of cyclic esters (lactones) is 1. The maximum Gasteiger partial charge on any atom is 0.308 e. The number of hydrogen-bond acceptors (Lipinski definition) is 17. The molecule has 1 aromatic carbocycles. The fourth-order valence-corrected chi connectivity index (χ4v) is 10.3. The largest absolute Gasteiger partial charge is 0.462 e. The summed E-state index contributed by atoms with van der Waals surface area (Å²) in [6.45, 7) is 16.4. The maximum atomic E-state index is 14.9. The molecule has 19 nitrogen and oxygen atoms in total. The van der Waals surface area contributed by atoms with Gasteiger partial charge in [-0.15, -0.1) is 0 Å². The Kier molecular flexibility index (Phi) is 24.8. The predicted octanol–water partition coefficient (Wildman–Crippen LogP) is 3.53. The molecule has 0 spiro atoms. The van der Waals surface area contributed by atoms with E-state index in [1.54, 1.807) is 83.1 Å². The molecular formula is C55H90N4O15. The van der Waals surface area contributed by atoms with Crippen LogP contribution in [0.1, 0.15) is 111 Å². The standard InChI is InChI=1S/C55H90N4O15/c1-14-42-38(30-70-54-50(69-13)49(68-12)46(64)35(6)72-54)26-31(2)22-23-40(60)32(3)27-37(28-39(51(66)57-55(7,8)9)59(25-19-18-24-56)52(67)36-20-16-15-17-21-36)48(33(4)41(61)29-43(62)73-42)74-53-47(65)44(58(10)11)45(63)34(5)71-53/h15-17,20-23,26,32-35,37-39,41-42,44-50,53-54,61,63-65H,14,18-19,24-25,27-30,56H2,1-13H3,(H,57,66)/b23-22+,31-26+/t32-,33+,34-,35+,37-,38-,39?,41-,42-,44+,45-,46+,47-,48-,49+,50+,53+,54+/m1/s1. The average Bonchev–Trinajstić information content (AvgIpc) is 3.34. The second kappa shape index (κ2) is 29.2. The summed E-state index contributed by atoms with van der Waals surface area (Å²) in [4.78, 5) is 61.5. The van der Waals surface area contributed by atoms with Gasteiger partial charge < -0.3 is 74.4 Å². The Morgan fingerprint density at radius 1 is 0.878 bits per heavy atom. The smallest absolute Gasteiger partial charge is 0.308 e. The second-order valence-corrected chi connectivity index (χ2v) is 21.8. The lowest BCUT2D eigenvalue weighted by atomic mass is 9.77. The number of carbonyl (C=O) groups is 4. The molecule has 0 aromatic heterocycles. The molecule has 3 aliphatic rings. The molecule has 0 saturated carbocycles. The van der Waals surface area contributed by atoms with Gasteiger partial charge in [0.15, 0.2) is 18.4 Å². The van der Waals surface area contributed by atoms with Crippen molar-refractivity contribution in [1.29, 1.82) is 0 Å². The molecule has 1 unspecified atom stereocenters. The number of aliphatic hydroxyl groups excluding tert-OH is 4. The molecule has 7 N–H and O–H groups in total. The van der Waals surface area contributed by atoms with Crippen molar-refractivity contribution in [3.05, 3.63) is 59.7 Å². The fourth-order valence-electron chi connectivity index (χ4n) is 10.3. The number of rotatable bonds is 18. The third kappa shape index (κ3) is 17.2. The van der Waals surface area contributed by atoms with E-state index in [1.165, 1.54) is 25.2 Å². The van der Waals surface area contributed by atoms with E-state index in [0.717, 1.165) is 0 Å². The number of nitrogens with one attached hydrogen (secondary N) is 1. The van der Waals surface area contributed by atoms with Crippen molar-refractivity contribution in [3.63, 3.8) is 0 Å². The highest BCUT2D eigenvalue weighted by molar-refractivity contribution is 5.97. The first-order valence-electron chi connectivity index (χ1n) is 26.4. The molecule has 74 heavy (non-hydrogen) atoms. The fraction of sp³-hybridized carbons (Fsp3) is 0.745. The van der Waals surface area contributed by atoms with Gasteiger partial charge in [-0.05, 0) is 118 Å². The van der Waals surface area contributed by atoms with Gasteiger partial charge in [-0.3, -0.25) is 19.2 Å². The summed E-state index contributed by atoms with van der Waals surface area (Å²) in [5, 5.41) is 49.3. The van der Waals surface area contributed by atoms with Gasteiger partial charge >= 0.3 is 5.97 Å². The Morgan fingerprint density at radius 2 is 1.51 bits per heavy atom. The number of hydrogen-bond donors (Lipinski definition) is 6. The van der Waals surface area contributed by atoms with Crippen LogP contribution in [0.5, 0.6) is 0 Å². The van der Waals surface area contributed by atoms with Gasteiger partial charge in [-0.2, -0.15) is 0 Å². The summed E-state index contributed by atoms with van der Waals surface area (Å²) in [7, 11) is 6.34. The van der Waals surface area contributed by atoms with Crippen molar-refractivity contribution in [2.75, 3.05) is 48.0 Å². The van der Waals surface area contributed by atoms with E-state index in [9.17, 15) is 39.6 Å². The zero-order valence-corrected chi connectivity index (χ0v) is 46.1. The van der Waals surface area contributed by atoms with Crippen LogP contribution in [0.4, 0.5) is 0 Å². The van der Waals surface area contributed by atoms with Crippen LogP contribution in [-0.4, -0.2) is 193 Å². The lowest BCUT2D eigenvalue weighted by Crippen LogP contribution is -2.63. The Bertz CT molecular complexity index is 1980. The molecule has 3 aliphatic heterocycles. The molecule has 0 aliphatic carbocycles. The Labute approximate surface area is 439 Å². The molecule has 18 atom stereocenters. The van der Waals surface area contributed by atoms with E-state index < -0.39 is 139 Å². The zero-order chi connectivity index (χ0) is 55.2. The summed E-state index contributed by atoms with van der Waals surface area (Å²) in [5.41, 5.74) is 6.22. The molecule has 0 radical (unpaired) electrons. The number of ether oxygens (including phenoxy) is 7. The van der Waals surface area contributed by atoms with Crippen molar-refractivity contribution < 1.29 is 72.8 Å². The maximum absolute atomic E-state index is 14.9. The Balaban J connectivity index is 1.88. The van der Waals surface area contributed by atoms with E-state index >= 15 is 0 Å². The summed E-state index contributed by atoms with van der Waals surface area (Å²) in [5.74, 6) is -5.01. The van der Waals surface area contributed by atoms with Gasteiger partial charge in [-0.25, -0.2) is 0 Å². The number of aliphatic hydroxyl groups is 4. The number of ketones is 1. The van der Waals surface area contributed by atoms with Gasteiger partial charge in [0.25, 0.3) is 5.91 Å². The molecule has 2 saturated heterocycles. The van der Waals surface area contributed by atoms with Crippen molar-refractivity contribution >= 4 is 23.6 Å². The number of nitrogens with two attached hydrogens (primary N) is 1. The molecular weight excluding hydrogens is 957 g/mol. The van der Waals surface area contributed by atoms with Crippen molar-refractivity contribution in [2.45, 2.75) is 192 Å². The number of allylic oxidation sites excluding steroid dienone is 3. The van der Waals surface area contributed by atoms with Gasteiger partial charge in [0.1, 0.15) is 36.6 Å². The quantitative estimate of drug-likeness (QED) is 0.0908. The van der Waals surface area contributed by atoms with E-state index in [-0.39, 0.29) is 31.8 Å². The van der Waals surface area contributed by atoms with Crippen molar-refractivity contribution in [2.24, 2.45) is 29.4 Å². The van der Waals surface area contributed by atoms with E-state index in [0.29, 0.717) is 36.9 Å². The number of nitrogens with zero attached hydrogens (tertiary/aromatic N) is 2. The number of esters is 1. The minimum absolute atomic E-state index is 0.0353. The van der Waals surface area contributed by atoms with Crippen LogP contribution >= 0.6 is 0 Å². The molecule has 420 valence electrons. The van der Waals surface area contributed by atoms with E-state index in [4.69, 9.17) is 38.9 Å². The van der Waals surface area contributed by atoms with Gasteiger partial charge in [0.2, 0.25) is 5.91 Å². The topological polar surface area (TPSA) is 258 Å². The van der Waals surface area contributed by atoms with Crippen LogP contribution in [0, 0.1) is 23.7 Å². The van der Waals surface area contributed by atoms with Crippen LogP contribution in [0.25, 0.3) is 0 Å². The zero-order valence-electron chi connectivity index (χ0n) is 46.1. The van der Waals surface area contributed by atoms with Crippen molar-refractivity contribution in [1.82, 2.24) is 15.1 Å². The minimum Gasteiger partial charge on any atom is -0.462 e. The molecule has 0 bridgehead atoms. The highest BCUT2D eigenvalue weighted by Crippen LogP contribution is 2.37. The van der Waals surface area contributed by atoms with Gasteiger partial charge in [0, 0.05) is 49.6 Å². The Morgan fingerprint density at radius 3 is 2.11 bits per heavy atom. The van der Waals surface area contributed by atoms with Gasteiger partial charge in [0.05, 0.1) is 49.6 Å². The third-order valence-corrected chi connectivity index (χ3v) is 14.5. The number of likely N-dealkylation sites (N-methyl/N-ethyl adjacent to an activating group) is 1. The first-order chi connectivity index (χ1) is 34.9. The highest BCUT2D eigenvalue weighted by atomic mass is 16.7. The first-order valence-corrected chi connectivity index (χ1v) is 26.4. The van der Waals surface area contributed by atoms with Crippen LogP contribution < -0.4 is 11.1 Å². The third-order valence-electron chi connectivity index (χ3n) is 14.5. The normalized spacial score (nSPS) is 35.6. The number of carbonyl (C=O) groups excluding carboxylic acids is 4. The predicted molar refractivity (Wildman–Crippen MR) is 277 cm³/mol. The second-order valence-electron chi connectivity index (χ2n) is 21.8. The monoisotopic (exact) mass is 1050 g/mol. The summed E-state index contributed by atoms with van der Waals surface area (Å²) in [6.07, 6.45) is -6.51. The Hall–Kier alpha value is -3.70. The molecule has 3 heterocycles. The molecule has 4 rings (SSSR count). The summed E-state index contributed by atoms with van der Waals surface area (Å²) in [6, 6.07) is 6.62. The lowest BCUT2D eigenvalue weighted by Gasteiger charge is -2.47. The first kappa shape index (κ1) is 62.8. The number of amides is 2. The minimum atomic E-state index is -1.46. The molecule has 1 aromatic rings. The SMILES string of the molecule is CC[C@H]1OC(=O)C[C@@H](O)[C@H](C)[C@@H](O[C@@H]2O[C@H](C)[C@@H](O)[C@H](N(C)C)[C@H]2O)[C@@H](CC(C(=O)NC(C)(C)C)N(CCCCN)C(=O)c2ccccc2)C[C@@H](C)C(=O)/C=C/C(C)=C/[C@@H]1CO[C@H]1O[C@@H](C)[C@H](O)[C@H](OC)[C@@H]1OC. The van der Waals surface area contributed by atoms with Gasteiger partial charge in [-0.1, -0.05) is 56.7 Å². The number of unbranched alkanes of at least 4 members (excludes halogenated alkanes) is 1. The lowest BCUT2D eigenvalue weighted by molar-refractivity contribution is -0.304. The van der Waals surface area contributed by atoms with E-state index in [1.807, 2.05) is 40.7 Å². The van der Waals surface area contributed by atoms with Crippen LogP contribution in [0.2, 0.25) is 0 Å². The summed E-state index contributed by atoms with van der Waals surface area (Å²) >= 11 is 0. The number of methoxy groups -OCH3 is 2. The molecule has 19 heteroatoms. The van der Waals surface area contributed by atoms with Crippen LogP contribution in [0.15, 0.2) is 54.1 Å². The average molecular weight is 1050 g/mol. The summed E-state index contributed by atoms with van der Waals surface area (Å²) < 4.78 is 42.9. The number of benzene rings is 1. The molecule has 2 amide bonds.